The molecule has 1 amide bonds. The van der Waals surface area contributed by atoms with Crippen molar-refractivity contribution < 1.29 is 19.1 Å². The zero-order valence-electron chi connectivity index (χ0n) is 11.1. The fraction of sp³-hybridized carbons (Fsp3) is 0.333. The summed E-state index contributed by atoms with van der Waals surface area (Å²) in [5, 5.41) is 9.83. The Kier molecular flexibility index (Phi) is 2.97. The van der Waals surface area contributed by atoms with Crippen LogP contribution in [0.15, 0.2) is 28.7 Å². The number of carboxylic acids is 1. The third-order valence-electron chi connectivity index (χ3n) is 3.59. The summed E-state index contributed by atoms with van der Waals surface area (Å²) in [7, 11) is 0. The molecule has 20 heavy (non-hydrogen) atoms. The van der Waals surface area contributed by atoms with Crippen LogP contribution in [0, 0.1) is 6.92 Å². The molecule has 104 valence electrons. The lowest BCUT2D eigenvalue weighted by Crippen LogP contribution is -2.37. The molecule has 0 atom stereocenters. The number of nitrogens with zero attached hydrogens (tertiary/aromatic N) is 1. The van der Waals surface area contributed by atoms with Gasteiger partial charge in [-0.05, 0) is 25.8 Å². The Morgan fingerprint density at radius 2 is 2.05 bits per heavy atom. The number of hydrogen-bond donors (Lipinski definition) is 1. The molecule has 0 unspecified atom stereocenters. The third kappa shape index (κ3) is 2.15. The van der Waals surface area contributed by atoms with E-state index in [9.17, 15) is 9.59 Å². The zero-order valence-corrected chi connectivity index (χ0v) is 11.1. The van der Waals surface area contributed by atoms with Crippen molar-refractivity contribution in [2.45, 2.75) is 25.8 Å². The maximum absolute atomic E-state index is 12.5. The maximum Gasteiger partial charge on any atom is 0.323 e. The third-order valence-corrected chi connectivity index (χ3v) is 3.59. The number of hydrogen-bond acceptors (Lipinski definition) is 3. The van der Waals surface area contributed by atoms with E-state index in [4.69, 9.17) is 9.52 Å². The Balaban J connectivity index is 1.98. The van der Waals surface area contributed by atoms with E-state index >= 15 is 0 Å². The highest BCUT2D eigenvalue weighted by Crippen LogP contribution is 2.31. The van der Waals surface area contributed by atoms with Gasteiger partial charge in [0.2, 0.25) is 0 Å². The number of rotatable bonds is 4. The molecule has 1 aliphatic rings. The van der Waals surface area contributed by atoms with Crippen molar-refractivity contribution in [3.8, 4) is 0 Å². The van der Waals surface area contributed by atoms with Crippen molar-refractivity contribution in [1.82, 2.24) is 4.90 Å². The van der Waals surface area contributed by atoms with E-state index in [0.29, 0.717) is 5.58 Å². The lowest BCUT2D eigenvalue weighted by molar-refractivity contribution is -0.137. The molecular formula is C15H15NO4. The number of carbonyl (C=O) groups excluding carboxylic acids is 1. The summed E-state index contributed by atoms with van der Waals surface area (Å²) in [6.45, 7) is 1.55. The molecule has 3 rings (SSSR count). The van der Waals surface area contributed by atoms with Crippen LogP contribution in [-0.2, 0) is 4.79 Å². The molecule has 0 bridgehead atoms. The van der Waals surface area contributed by atoms with E-state index in [0.717, 1.165) is 23.8 Å². The number of aliphatic carboxylic acids is 1. The first-order chi connectivity index (χ1) is 9.58. The van der Waals surface area contributed by atoms with Crippen LogP contribution in [0.1, 0.15) is 29.0 Å². The Hall–Kier alpha value is -2.30. The number of fused-ring (bicyclic) bond motifs is 1. The summed E-state index contributed by atoms with van der Waals surface area (Å²) >= 11 is 0. The van der Waals surface area contributed by atoms with Gasteiger partial charge in [-0.1, -0.05) is 18.2 Å². The lowest BCUT2D eigenvalue weighted by atomic mass is 10.1. The Labute approximate surface area is 115 Å². The zero-order chi connectivity index (χ0) is 14.3. The van der Waals surface area contributed by atoms with Crippen molar-refractivity contribution in [3.05, 3.63) is 35.6 Å². The van der Waals surface area contributed by atoms with Gasteiger partial charge in [-0.2, -0.15) is 0 Å². The lowest BCUT2D eigenvalue weighted by Gasteiger charge is -2.19. The number of amides is 1. The van der Waals surface area contributed by atoms with Gasteiger partial charge in [0.25, 0.3) is 5.91 Å². The second-order valence-electron chi connectivity index (χ2n) is 5.11. The Bertz CT molecular complexity index is 684. The van der Waals surface area contributed by atoms with Crippen LogP contribution in [0.25, 0.3) is 11.0 Å². The van der Waals surface area contributed by atoms with Crippen molar-refractivity contribution in [2.75, 3.05) is 6.54 Å². The first kappa shape index (κ1) is 12.7. The summed E-state index contributed by atoms with van der Waals surface area (Å²) in [6.07, 6.45) is 1.72. The van der Waals surface area contributed by atoms with E-state index in [-0.39, 0.29) is 24.3 Å². The molecule has 1 saturated carbocycles. The first-order valence-corrected chi connectivity index (χ1v) is 6.59. The summed E-state index contributed by atoms with van der Waals surface area (Å²) in [5.74, 6) is -1.08. The van der Waals surface area contributed by atoms with Gasteiger partial charge in [0.1, 0.15) is 12.1 Å². The number of carboxylic acid groups (broad SMARTS) is 1. The fourth-order valence-electron chi connectivity index (χ4n) is 2.41. The average Bonchev–Trinajstić information content (AvgIpc) is 3.20. The summed E-state index contributed by atoms with van der Waals surface area (Å²) in [5.41, 5.74) is 1.42. The molecule has 1 fully saturated rings. The maximum atomic E-state index is 12.5. The fourth-order valence-corrected chi connectivity index (χ4v) is 2.41. The second-order valence-corrected chi connectivity index (χ2v) is 5.11. The number of furan rings is 1. The average molecular weight is 273 g/mol. The predicted molar refractivity (Wildman–Crippen MR) is 72.6 cm³/mol. The van der Waals surface area contributed by atoms with E-state index < -0.39 is 5.97 Å². The van der Waals surface area contributed by atoms with Crippen LogP contribution in [0.3, 0.4) is 0 Å². The van der Waals surface area contributed by atoms with Crippen molar-refractivity contribution in [2.24, 2.45) is 0 Å². The van der Waals surface area contributed by atoms with E-state index in [1.807, 2.05) is 25.1 Å². The molecule has 1 N–H and O–H groups in total. The molecule has 5 heteroatoms. The standard InChI is InChI=1S/C15H15NO4/c1-9-11-4-2-3-5-12(11)20-14(9)15(19)16(8-13(17)18)10-6-7-10/h2-5,10H,6-8H2,1H3,(H,17,18). The molecule has 0 saturated heterocycles. The minimum atomic E-state index is -1.00. The normalized spacial score (nSPS) is 14.4. The molecule has 0 radical (unpaired) electrons. The smallest absolute Gasteiger partial charge is 0.323 e. The monoisotopic (exact) mass is 273 g/mol. The molecule has 1 aromatic carbocycles. The van der Waals surface area contributed by atoms with Gasteiger partial charge < -0.3 is 14.4 Å². The van der Waals surface area contributed by atoms with Crippen LogP contribution in [-0.4, -0.2) is 34.5 Å². The predicted octanol–water partition coefficient (Wildman–Crippen LogP) is 2.43. The van der Waals surface area contributed by atoms with Crippen LogP contribution in [0.2, 0.25) is 0 Å². The Morgan fingerprint density at radius 1 is 1.35 bits per heavy atom. The topological polar surface area (TPSA) is 70.8 Å². The highest BCUT2D eigenvalue weighted by molar-refractivity contribution is 6.00. The van der Waals surface area contributed by atoms with Gasteiger partial charge in [-0.25, -0.2) is 0 Å². The van der Waals surface area contributed by atoms with Crippen LogP contribution in [0.5, 0.6) is 0 Å². The highest BCUT2D eigenvalue weighted by atomic mass is 16.4. The molecule has 1 aliphatic carbocycles. The number of aryl methyl sites for hydroxylation is 1. The molecule has 0 spiro atoms. The Morgan fingerprint density at radius 3 is 2.65 bits per heavy atom. The van der Waals surface area contributed by atoms with Crippen molar-refractivity contribution >= 4 is 22.8 Å². The largest absolute Gasteiger partial charge is 0.480 e. The van der Waals surface area contributed by atoms with Gasteiger partial charge in [0.05, 0.1) is 0 Å². The second kappa shape index (κ2) is 4.67. The quantitative estimate of drug-likeness (QED) is 0.928. The van der Waals surface area contributed by atoms with Crippen LogP contribution >= 0.6 is 0 Å². The summed E-state index contributed by atoms with van der Waals surface area (Å²) < 4.78 is 5.62. The molecule has 2 aromatic rings. The number of para-hydroxylation sites is 1. The van der Waals surface area contributed by atoms with E-state index in [1.165, 1.54) is 4.90 Å². The minimum absolute atomic E-state index is 0.0335. The van der Waals surface area contributed by atoms with Crippen molar-refractivity contribution in [3.63, 3.8) is 0 Å². The van der Waals surface area contributed by atoms with E-state index in [1.54, 1.807) is 6.07 Å². The minimum Gasteiger partial charge on any atom is -0.480 e. The molecule has 0 aliphatic heterocycles. The van der Waals surface area contributed by atoms with Gasteiger partial charge >= 0.3 is 5.97 Å². The van der Waals surface area contributed by atoms with Gasteiger partial charge in [0, 0.05) is 17.0 Å². The van der Waals surface area contributed by atoms with Gasteiger partial charge in [0.15, 0.2) is 5.76 Å². The molecule has 5 nitrogen and oxygen atoms in total. The number of carbonyl (C=O) groups is 2. The summed E-state index contributed by atoms with van der Waals surface area (Å²) in [4.78, 5) is 24.8. The van der Waals surface area contributed by atoms with E-state index in [2.05, 4.69) is 0 Å². The van der Waals surface area contributed by atoms with Crippen LogP contribution < -0.4 is 0 Å². The highest BCUT2D eigenvalue weighted by Gasteiger charge is 2.36. The van der Waals surface area contributed by atoms with Crippen LogP contribution in [0.4, 0.5) is 0 Å². The number of benzene rings is 1. The van der Waals surface area contributed by atoms with Gasteiger partial charge in [-0.3, -0.25) is 9.59 Å². The molecule has 1 heterocycles. The SMILES string of the molecule is Cc1c(C(=O)N(CC(=O)O)C2CC2)oc2ccccc12. The van der Waals surface area contributed by atoms with Gasteiger partial charge in [-0.15, -0.1) is 0 Å². The first-order valence-electron chi connectivity index (χ1n) is 6.59. The molecule has 1 aromatic heterocycles. The summed E-state index contributed by atoms with van der Waals surface area (Å²) in [6, 6.07) is 7.46. The molecular weight excluding hydrogens is 258 g/mol. The van der Waals surface area contributed by atoms with Crippen molar-refractivity contribution in [1.29, 1.82) is 0 Å².